The van der Waals surface area contributed by atoms with Crippen molar-refractivity contribution in [2.45, 2.75) is 19.4 Å². The van der Waals surface area contributed by atoms with Gasteiger partial charge in [-0.25, -0.2) is 14.2 Å². The molecule has 5 rings (SSSR count). The van der Waals surface area contributed by atoms with Gasteiger partial charge in [0, 0.05) is 13.6 Å². The van der Waals surface area contributed by atoms with Gasteiger partial charge in [0.15, 0.2) is 0 Å². The minimum atomic E-state index is 0.272. The number of aromatic nitrogens is 7. The number of aryl methyl sites for hydroxylation is 2. The molecule has 9 heteroatoms. The summed E-state index contributed by atoms with van der Waals surface area (Å²) in [5.41, 5.74) is 3.82. The van der Waals surface area contributed by atoms with Crippen LogP contribution in [0, 0.1) is 0 Å². The van der Waals surface area contributed by atoms with Crippen LogP contribution in [0.2, 0.25) is 0 Å². The van der Waals surface area contributed by atoms with Gasteiger partial charge in [-0.05, 0) is 53.1 Å². The van der Waals surface area contributed by atoms with Crippen molar-refractivity contribution in [2.75, 3.05) is 11.9 Å². The maximum absolute atomic E-state index is 6.08. The highest BCUT2D eigenvalue weighted by Crippen LogP contribution is 2.25. The lowest BCUT2D eigenvalue weighted by atomic mass is 10.1. The summed E-state index contributed by atoms with van der Waals surface area (Å²) in [6.07, 6.45) is 2.06. The molecule has 166 valence electrons. The molecule has 5 aromatic rings. The van der Waals surface area contributed by atoms with Crippen LogP contribution in [0.25, 0.3) is 17.0 Å². The van der Waals surface area contributed by atoms with E-state index in [1.165, 1.54) is 5.56 Å². The van der Waals surface area contributed by atoms with Crippen molar-refractivity contribution >= 4 is 16.9 Å². The first-order valence-electron chi connectivity index (χ1n) is 10.8. The topological polar surface area (TPSA) is 95.6 Å². The number of hydrogen-bond acceptors (Lipinski definition) is 7. The fraction of sp³-hybridized carbons (Fsp3) is 0.208. The Labute approximate surface area is 191 Å². The van der Waals surface area contributed by atoms with Crippen molar-refractivity contribution in [1.82, 2.24) is 34.7 Å². The molecule has 0 radical (unpaired) electrons. The van der Waals surface area contributed by atoms with E-state index in [4.69, 9.17) is 4.74 Å². The Balaban J connectivity index is 1.26. The van der Waals surface area contributed by atoms with Gasteiger partial charge in [-0.3, -0.25) is 0 Å². The molecule has 0 saturated heterocycles. The standard InChI is InChI=1S/C24H24N8O/c1-31-23(28-29-30-31)32-21-14-6-5-13-20(21)27-24(32)33-17-19-12-7-15-22(26-19)25-16-8-11-18-9-3-2-4-10-18/h2-7,9-10,12-15H,8,11,16-17H2,1H3,(H,25,26). The van der Waals surface area contributed by atoms with Gasteiger partial charge in [-0.1, -0.05) is 53.6 Å². The van der Waals surface area contributed by atoms with E-state index in [2.05, 4.69) is 55.1 Å². The number of ether oxygens (including phenoxy) is 1. The summed E-state index contributed by atoms with van der Waals surface area (Å²) >= 11 is 0. The molecule has 0 fully saturated rings. The SMILES string of the molecule is Cn1nnnc1-n1c(OCc2cccc(NCCCc3ccccc3)n2)nc2ccccc21. The predicted molar refractivity (Wildman–Crippen MR) is 125 cm³/mol. The Morgan fingerprint density at radius 1 is 0.909 bits per heavy atom. The van der Waals surface area contributed by atoms with Crippen LogP contribution < -0.4 is 10.1 Å². The second kappa shape index (κ2) is 9.47. The molecule has 9 nitrogen and oxygen atoms in total. The van der Waals surface area contributed by atoms with Crippen LogP contribution in [0.5, 0.6) is 6.01 Å². The lowest BCUT2D eigenvalue weighted by molar-refractivity contribution is 0.272. The molecule has 0 saturated carbocycles. The first-order valence-corrected chi connectivity index (χ1v) is 10.8. The number of nitrogens with zero attached hydrogens (tertiary/aromatic N) is 7. The molecule has 0 unspecified atom stereocenters. The third-order valence-electron chi connectivity index (χ3n) is 5.27. The Bertz CT molecular complexity index is 1350. The first kappa shape index (κ1) is 20.6. The Morgan fingerprint density at radius 3 is 2.61 bits per heavy atom. The van der Waals surface area contributed by atoms with E-state index in [-0.39, 0.29) is 6.61 Å². The molecule has 3 heterocycles. The summed E-state index contributed by atoms with van der Waals surface area (Å²) in [5, 5.41) is 15.2. The highest BCUT2D eigenvalue weighted by Gasteiger charge is 2.18. The molecule has 0 bridgehead atoms. The van der Waals surface area contributed by atoms with Gasteiger partial charge in [0.25, 0.3) is 5.95 Å². The van der Waals surface area contributed by atoms with Gasteiger partial charge in [-0.15, -0.1) is 0 Å². The molecule has 0 atom stereocenters. The van der Waals surface area contributed by atoms with E-state index < -0.39 is 0 Å². The van der Waals surface area contributed by atoms with Crippen molar-refractivity contribution in [1.29, 1.82) is 0 Å². The van der Waals surface area contributed by atoms with Gasteiger partial charge in [-0.2, -0.15) is 4.98 Å². The van der Waals surface area contributed by atoms with E-state index in [0.29, 0.717) is 12.0 Å². The van der Waals surface area contributed by atoms with Crippen molar-refractivity contribution in [3.8, 4) is 12.0 Å². The summed E-state index contributed by atoms with van der Waals surface area (Å²) in [6, 6.07) is 24.6. The minimum Gasteiger partial charge on any atom is -0.458 e. The van der Waals surface area contributed by atoms with E-state index in [1.54, 1.807) is 16.3 Å². The number of tetrazole rings is 1. The van der Waals surface area contributed by atoms with Crippen LogP contribution in [0.1, 0.15) is 17.7 Å². The molecule has 0 aliphatic rings. The minimum absolute atomic E-state index is 0.272. The molecule has 1 N–H and O–H groups in total. The summed E-state index contributed by atoms with van der Waals surface area (Å²) in [6.45, 7) is 1.12. The maximum Gasteiger partial charge on any atom is 0.305 e. The smallest absolute Gasteiger partial charge is 0.305 e. The average molecular weight is 441 g/mol. The molecule has 0 spiro atoms. The van der Waals surface area contributed by atoms with Crippen molar-refractivity contribution in [3.05, 3.63) is 84.1 Å². The number of pyridine rings is 1. The quantitative estimate of drug-likeness (QED) is 0.350. The number of rotatable bonds is 9. The zero-order valence-electron chi connectivity index (χ0n) is 18.3. The third-order valence-corrected chi connectivity index (χ3v) is 5.27. The van der Waals surface area contributed by atoms with Gasteiger partial charge < -0.3 is 10.1 Å². The molecule has 3 aromatic heterocycles. The van der Waals surface area contributed by atoms with Crippen LogP contribution in [0.4, 0.5) is 5.82 Å². The van der Waals surface area contributed by atoms with Crippen LogP contribution in [-0.2, 0) is 20.1 Å². The molecule has 0 aliphatic carbocycles. The number of nitrogens with one attached hydrogen (secondary N) is 1. The van der Waals surface area contributed by atoms with E-state index in [1.807, 2.05) is 48.5 Å². The lowest BCUT2D eigenvalue weighted by Gasteiger charge is -2.10. The normalized spacial score (nSPS) is 11.1. The van der Waals surface area contributed by atoms with Crippen molar-refractivity contribution in [2.24, 2.45) is 7.05 Å². The van der Waals surface area contributed by atoms with Gasteiger partial charge in [0.1, 0.15) is 12.4 Å². The predicted octanol–water partition coefficient (Wildman–Crippen LogP) is 3.57. The average Bonchev–Trinajstić information content (AvgIpc) is 3.44. The van der Waals surface area contributed by atoms with Crippen LogP contribution >= 0.6 is 0 Å². The molecular formula is C24H24N8O. The number of imidazole rings is 1. The molecular weight excluding hydrogens is 416 g/mol. The largest absolute Gasteiger partial charge is 0.458 e. The number of hydrogen-bond donors (Lipinski definition) is 1. The number of fused-ring (bicyclic) bond motifs is 1. The fourth-order valence-electron chi connectivity index (χ4n) is 3.66. The summed E-state index contributed by atoms with van der Waals surface area (Å²) in [5.74, 6) is 1.36. The number of anilines is 1. The highest BCUT2D eigenvalue weighted by atomic mass is 16.5. The molecule has 0 aliphatic heterocycles. The van der Waals surface area contributed by atoms with Gasteiger partial charge >= 0.3 is 6.01 Å². The van der Waals surface area contributed by atoms with Gasteiger partial charge in [0.2, 0.25) is 0 Å². The fourth-order valence-corrected chi connectivity index (χ4v) is 3.66. The Kier molecular flexibility index (Phi) is 5.92. The maximum atomic E-state index is 6.08. The van der Waals surface area contributed by atoms with E-state index in [0.717, 1.165) is 41.9 Å². The third kappa shape index (κ3) is 4.67. The van der Waals surface area contributed by atoms with Gasteiger partial charge in [0.05, 0.1) is 16.7 Å². The molecule has 0 amide bonds. The van der Waals surface area contributed by atoms with Crippen molar-refractivity contribution < 1.29 is 4.74 Å². The monoisotopic (exact) mass is 440 g/mol. The van der Waals surface area contributed by atoms with Crippen LogP contribution in [0.3, 0.4) is 0 Å². The Morgan fingerprint density at radius 2 is 1.76 bits per heavy atom. The summed E-state index contributed by atoms with van der Waals surface area (Å²) in [4.78, 5) is 9.30. The molecule has 2 aromatic carbocycles. The van der Waals surface area contributed by atoms with Crippen LogP contribution in [-0.4, -0.2) is 41.3 Å². The zero-order chi connectivity index (χ0) is 22.5. The van der Waals surface area contributed by atoms with Crippen LogP contribution in [0.15, 0.2) is 72.8 Å². The highest BCUT2D eigenvalue weighted by molar-refractivity contribution is 5.78. The summed E-state index contributed by atoms with van der Waals surface area (Å²) in [7, 11) is 1.78. The summed E-state index contributed by atoms with van der Waals surface area (Å²) < 4.78 is 9.47. The first-order chi connectivity index (χ1) is 16.3. The zero-order valence-corrected chi connectivity index (χ0v) is 18.3. The lowest BCUT2D eigenvalue weighted by Crippen LogP contribution is -2.09. The Hall–Kier alpha value is -4.27. The van der Waals surface area contributed by atoms with Crippen molar-refractivity contribution in [3.63, 3.8) is 0 Å². The van der Waals surface area contributed by atoms with E-state index >= 15 is 0 Å². The van der Waals surface area contributed by atoms with E-state index in [9.17, 15) is 0 Å². The second-order valence-corrected chi connectivity index (χ2v) is 7.64. The number of para-hydroxylation sites is 2. The molecule has 33 heavy (non-hydrogen) atoms. The number of benzene rings is 2. The second-order valence-electron chi connectivity index (χ2n) is 7.64.